The normalized spacial score (nSPS) is 12.1. The van der Waals surface area contributed by atoms with E-state index in [-0.39, 0.29) is 16.5 Å². The largest absolute Gasteiger partial charge is 0.495 e. The number of hydrogen-bond donors (Lipinski definition) is 2. The van der Waals surface area contributed by atoms with E-state index in [1.807, 2.05) is 0 Å². The van der Waals surface area contributed by atoms with Gasteiger partial charge in [0.05, 0.1) is 35.2 Å². The molecular formula is C19H21ClN2O6S. The first-order valence-electron chi connectivity index (χ1n) is 8.62. The molecule has 1 atom stereocenters. The molecule has 29 heavy (non-hydrogen) atoms. The Morgan fingerprint density at radius 2 is 1.79 bits per heavy atom. The summed E-state index contributed by atoms with van der Waals surface area (Å²) < 4.78 is 37.2. The maximum absolute atomic E-state index is 12.5. The van der Waals surface area contributed by atoms with E-state index in [9.17, 15) is 18.0 Å². The maximum atomic E-state index is 12.5. The molecule has 2 N–H and O–H groups in total. The van der Waals surface area contributed by atoms with Gasteiger partial charge in [-0.1, -0.05) is 11.6 Å². The van der Waals surface area contributed by atoms with Crippen molar-refractivity contribution in [2.75, 3.05) is 19.0 Å². The van der Waals surface area contributed by atoms with Crippen LogP contribution in [0.25, 0.3) is 0 Å². The highest BCUT2D eigenvalue weighted by Crippen LogP contribution is 2.27. The smallest absolute Gasteiger partial charge is 0.338 e. The number of carbonyl (C=O) groups is 2. The predicted octanol–water partition coefficient (Wildman–Crippen LogP) is 2.83. The van der Waals surface area contributed by atoms with Crippen LogP contribution in [-0.4, -0.2) is 40.1 Å². The lowest BCUT2D eigenvalue weighted by Crippen LogP contribution is -2.41. The fourth-order valence-electron chi connectivity index (χ4n) is 2.32. The summed E-state index contributed by atoms with van der Waals surface area (Å²) >= 11 is 5.97. The van der Waals surface area contributed by atoms with E-state index in [2.05, 4.69) is 10.0 Å². The van der Waals surface area contributed by atoms with E-state index in [1.54, 1.807) is 6.92 Å². The zero-order valence-corrected chi connectivity index (χ0v) is 17.6. The Morgan fingerprint density at radius 1 is 1.14 bits per heavy atom. The number of nitrogens with one attached hydrogen (secondary N) is 2. The summed E-state index contributed by atoms with van der Waals surface area (Å²) in [6.45, 7) is 3.37. The van der Waals surface area contributed by atoms with Crippen molar-refractivity contribution in [3.05, 3.63) is 53.1 Å². The summed E-state index contributed by atoms with van der Waals surface area (Å²) in [5, 5.41) is 2.71. The van der Waals surface area contributed by atoms with Gasteiger partial charge in [-0.05, 0) is 56.3 Å². The molecular weight excluding hydrogens is 420 g/mol. The molecule has 156 valence electrons. The second kappa shape index (κ2) is 9.73. The summed E-state index contributed by atoms with van der Waals surface area (Å²) in [5.41, 5.74) is 0.747. The lowest BCUT2D eigenvalue weighted by Gasteiger charge is -2.15. The number of anilines is 1. The summed E-state index contributed by atoms with van der Waals surface area (Å²) in [4.78, 5) is 23.9. The van der Waals surface area contributed by atoms with Crippen LogP contribution in [0.15, 0.2) is 47.4 Å². The highest BCUT2D eigenvalue weighted by molar-refractivity contribution is 7.89. The van der Waals surface area contributed by atoms with E-state index < -0.39 is 27.9 Å². The first-order valence-corrected chi connectivity index (χ1v) is 10.5. The van der Waals surface area contributed by atoms with Crippen LogP contribution in [0, 0.1) is 0 Å². The van der Waals surface area contributed by atoms with Crippen LogP contribution in [0.3, 0.4) is 0 Å². The van der Waals surface area contributed by atoms with Crippen LogP contribution in [-0.2, 0) is 19.6 Å². The molecule has 0 spiro atoms. The summed E-state index contributed by atoms with van der Waals surface area (Å²) in [6, 6.07) is 8.97. The maximum Gasteiger partial charge on any atom is 0.338 e. The molecule has 0 radical (unpaired) electrons. The van der Waals surface area contributed by atoms with Gasteiger partial charge in [-0.15, -0.1) is 0 Å². The Hall–Kier alpha value is -2.62. The number of methoxy groups -OCH3 is 1. The number of hydrogen-bond acceptors (Lipinski definition) is 6. The number of amides is 1. The molecule has 0 saturated heterocycles. The summed E-state index contributed by atoms with van der Waals surface area (Å²) in [5.74, 6) is -0.704. The van der Waals surface area contributed by atoms with Crippen LogP contribution in [0.4, 0.5) is 5.69 Å². The number of esters is 1. The standard InChI is InChI=1S/C19H21ClN2O6S/c1-4-28-19(24)13-5-7-14(8-6-13)21-18(23)12(2)22-29(25,26)15-9-10-17(27-3)16(20)11-15/h5-12,22H,4H2,1-3H3,(H,21,23)/t12-/m1/s1. The minimum Gasteiger partial charge on any atom is -0.495 e. The third kappa shape index (κ3) is 5.93. The highest BCUT2D eigenvalue weighted by atomic mass is 35.5. The zero-order chi connectivity index (χ0) is 21.6. The van der Waals surface area contributed by atoms with Gasteiger partial charge in [-0.2, -0.15) is 4.72 Å². The number of carbonyl (C=O) groups excluding carboxylic acids is 2. The molecule has 2 rings (SSSR count). The van der Waals surface area contributed by atoms with Crippen LogP contribution in [0.5, 0.6) is 5.75 Å². The van der Waals surface area contributed by atoms with Crippen molar-refractivity contribution in [3.8, 4) is 5.75 Å². The van der Waals surface area contributed by atoms with Crippen molar-refractivity contribution in [2.24, 2.45) is 0 Å². The third-order valence-electron chi connectivity index (χ3n) is 3.82. The average Bonchev–Trinajstić information content (AvgIpc) is 2.68. The van der Waals surface area contributed by atoms with E-state index >= 15 is 0 Å². The molecule has 0 aromatic heterocycles. The lowest BCUT2D eigenvalue weighted by atomic mass is 10.2. The number of ether oxygens (including phenoxy) is 2. The molecule has 0 aliphatic rings. The van der Waals surface area contributed by atoms with Gasteiger partial charge in [0.25, 0.3) is 0 Å². The summed E-state index contributed by atoms with van der Waals surface area (Å²) in [6.07, 6.45) is 0. The third-order valence-corrected chi connectivity index (χ3v) is 5.66. The van der Waals surface area contributed by atoms with Crippen LogP contribution in [0.2, 0.25) is 5.02 Å². The minimum atomic E-state index is -3.98. The molecule has 8 nitrogen and oxygen atoms in total. The SMILES string of the molecule is CCOC(=O)c1ccc(NC(=O)[C@@H](C)NS(=O)(=O)c2ccc(OC)c(Cl)c2)cc1. The van der Waals surface area contributed by atoms with Gasteiger partial charge in [0.15, 0.2) is 0 Å². The molecule has 2 aromatic rings. The monoisotopic (exact) mass is 440 g/mol. The van der Waals surface area contributed by atoms with Gasteiger partial charge in [0.2, 0.25) is 15.9 Å². The van der Waals surface area contributed by atoms with Crippen LogP contribution >= 0.6 is 11.6 Å². The molecule has 0 saturated carbocycles. The average molecular weight is 441 g/mol. The minimum absolute atomic E-state index is 0.0956. The van der Waals surface area contributed by atoms with Crippen molar-refractivity contribution in [1.29, 1.82) is 0 Å². The molecule has 0 aliphatic carbocycles. The van der Waals surface area contributed by atoms with Crippen molar-refractivity contribution in [1.82, 2.24) is 4.72 Å². The molecule has 0 unspecified atom stereocenters. The van der Waals surface area contributed by atoms with Crippen molar-refractivity contribution >= 4 is 39.2 Å². The lowest BCUT2D eigenvalue weighted by molar-refractivity contribution is -0.117. The van der Waals surface area contributed by atoms with E-state index in [4.69, 9.17) is 21.1 Å². The molecule has 0 aliphatic heterocycles. The van der Waals surface area contributed by atoms with Crippen LogP contribution in [0.1, 0.15) is 24.2 Å². The zero-order valence-electron chi connectivity index (χ0n) is 16.1. The van der Waals surface area contributed by atoms with Gasteiger partial charge in [0.1, 0.15) is 5.75 Å². The van der Waals surface area contributed by atoms with Gasteiger partial charge < -0.3 is 14.8 Å². The van der Waals surface area contributed by atoms with E-state index in [0.29, 0.717) is 17.0 Å². The first kappa shape index (κ1) is 22.7. The quantitative estimate of drug-likeness (QED) is 0.610. The Balaban J connectivity index is 2.04. The first-order chi connectivity index (χ1) is 13.7. The molecule has 0 heterocycles. The molecule has 0 fully saturated rings. The number of rotatable bonds is 8. The van der Waals surface area contributed by atoms with Gasteiger partial charge in [-0.3, -0.25) is 4.79 Å². The summed E-state index contributed by atoms with van der Waals surface area (Å²) in [7, 11) is -2.56. The van der Waals surface area contributed by atoms with E-state index in [0.717, 1.165) is 0 Å². The highest BCUT2D eigenvalue weighted by Gasteiger charge is 2.23. The van der Waals surface area contributed by atoms with Gasteiger partial charge in [-0.25, -0.2) is 13.2 Å². The van der Waals surface area contributed by atoms with E-state index in [1.165, 1.54) is 56.5 Å². The Morgan fingerprint density at radius 3 is 2.34 bits per heavy atom. The fourth-order valence-corrected chi connectivity index (χ4v) is 3.87. The Labute approximate surface area is 174 Å². The van der Waals surface area contributed by atoms with Crippen molar-refractivity contribution in [2.45, 2.75) is 24.8 Å². The second-order valence-electron chi connectivity index (χ2n) is 5.93. The van der Waals surface area contributed by atoms with Crippen molar-refractivity contribution in [3.63, 3.8) is 0 Å². The topological polar surface area (TPSA) is 111 Å². The molecule has 1 amide bonds. The molecule has 10 heteroatoms. The Kier molecular flexibility index (Phi) is 7.60. The van der Waals surface area contributed by atoms with Gasteiger partial charge >= 0.3 is 5.97 Å². The second-order valence-corrected chi connectivity index (χ2v) is 8.05. The van der Waals surface area contributed by atoms with Gasteiger partial charge in [0, 0.05) is 5.69 Å². The van der Waals surface area contributed by atoms with Crippen molar-refractivity contribution < 1.29 is 27.5 Å². The number of sulfonamides is 1. The Bertz CT molecular complexity index is 992. The molecule has 0 bridgehead atoms. The molecule has 2 aromatic carbocycles. The fraction of sp³-hybridized carbons (Fsp3) is 0.263. The van der Waals surface area contributed by atoms with Crippen LogP contribution < -0.4 is 14.8 Å². The number of benzene rings is 2. The number of halogens is 1. The predicted molar refractivity (Wildman–Crippen MR) is 109 cm³/mol.